The van der Waals surface area contributed by atoms with Crippen molar-refractivity contribution in [3.63, 3.8) is 0 Å². The first-order chi connectivity index (χ1) is 9.55. The first kappa shape index (κ1) is 15.3. The summed E-state index contributed by atoms with van der Waals surface area (Å²) in [6.07, 6.45) is 6.60. The molecule has 0 aromatic heterocycles. The molecule has 112 valence electrons. The second-order valence-electron chi connectivity index (χ2n) is 5.29. The molecule has 0 amide bonds. The minimum Gasteiger partial charge on any atom is -0.384 e. The van der Waals surface area contributed by atoms with E-state index in [1.54, 1.807) is 12.1 Å². The van der Waals surface area contributed by atoms with E-state index in [4.69, 9.17) is 5.14 Å². The highest BCUT2D eigenvalue weighted by molar-refractivity contribution is 7.89. The first-order valence-corrected chi connectivity index (χ1v) is 8.70. The highest BCUT2D eigenvalue weighted by atomic mass is 32.2. The van der Waals surface area contributed by atoms with Crippen LogP contribution in [0.15, 0.2) is 29.2 Å². The van der Waals surface area contributed by atoms with Crippen LogP contribution in [0.5, 0.6) is 0 Å². The molecule has 4 N–H and O–H groups in total. The maximum Gasteiger partial charge on any atom is 0.238 e. The summed E-state index contributed by atoms with van der Waals surface area (Å²) in [5.41, 5.74) is 0.905. The van der Waals surface area contributed by atoms with Crippen molar-refractivity contribution < 1.29 is 8.42 Å². The maximum absolute atomic E-state index is 11.1. The lowest BCUT2D eigenvalue weighted by atomic mass is 9.95. The minimum atomic E-state index is -3.60. The van der Waals surface area contributed by atoms with Gasteiger partial charge in [-0.15, -0.1) is 0 Å². The van der Waals surface area contributed by atoms with Gasteiger partial charge in [0.15, 0.2) is 0 Å². The van der Waals surface area contributed by atoms with Crippen LogP contribution in [0.2, 0.25) is 0 Å². The van der Waals surface area contributed by atoms with E-state index in [1.165, 1.54) is 44.2 Å². The third-order valence-corrected chi connectivity index (χ3v) is 4.60. The van der Waals surface area contributed by atoms with E-state index in [9.17, 15) is 8.42 Å². The van der Waals surface area contributed by atoms with Crippen LogP contribution in [0.3, 0.4) is 0 Å². The van der Waals surface area contributed by atoms with Crippen LogP contribution in [0.1, 0.15) is 32.1 Å². The number of sulfonamides is 1. The van der Waals surface area contributed by atoms with Crippen molar-refractivity contribution in [2.45, 2.75) is 43.0 Å². The van der Waals surface area contributed by atoms with Gasteiger partial charge in [-0.05, 0) is 37.1 Å². The van der Waals surface area contributed by atoms with Gasteiger partial charge in [0, 0.05) is 24.8 Å². The van der Waals surface area contributed by atoms with E-state index in [2.05, 4.69) is 10.6 Å². The molecule has 1 aliphatic carbocycles. The average Bonchev–Trinajstić information content (AvgIpc) is 2.44. The number of nitrogens with two attached hydrogens (primary N) is 1. The van der Waals surface area contributed by atoms with Gasteiger partial charge in [-0.3, -0.25) is 0 Å². The molecular weight excluding hydrogens is 274 g/mol. The topological polar surface area (TPSA) is 84.2 Å². The van der Waals surface area contributed by atoms with E-state index in [1.807, 2.05) is 0 Å². The smallest absolute Gasteiger partial charge is 0.238 e. The summed E-state index contributed by atoms with van der Waals surface area (Å²) in [6, 6.07) is 7.18. The molecule has 0 saturated heterocycles. The van der Waals surface area contributed by atoms with E-state index in [0.717, 1.165) is 18.8 Å². The third-order valence-electron chi connectivity index (χ3n) is 3.68. The lowest BCUT2D eigenvalue weighted by molar-refractivity contribution is 0.378. The number of hydrogen-bond donors (Lipinski definition) is 3. The molecule has 0 aliphatic heterocycles. The zero-order chi connectivity index (χ0) is 14.4. The first-order valence-electron chi connectivity index (χ1n) is 7.16. The second kappa shape index (κ2) is 7.06. The van der Waals surface area contributed by atoms with Gasteiger partial charge >= 0.3 is 0 Å². The van der Waals surface area contributed by atoms with Crippen LogP contribution in [-0.4, -0.2) is 27.5 Å². The van der Waals surface area contributed by atoms with Crippen molar-refractivity contribution in [1.29, 1.82) is 0 Å². The van der Waals surface area contributed by atoms with Crippen molar-refractivity contribution in [3.8, 4) is 0 Å². The molecule has 20 heavy (non-hydrogen) atoms. The van der Waals surface area contributed by atoms with Crippen molar-refractivity contribution >= 4 is 15.7 Å². The molecule has 5 nitrogen and oxygen atoms in total. The Balaban J connectivity index is 1.71. The predicted octanol–water partition coefficient (Wildman–Crippen LogP) is 1.67. The number of primary sulfonamides is 1. The fraction of sp³-hybridized carbons (Fsp3) is 0.571. The van der Waals surface area contributed by atoms with Gasteiger partial charge < -0.3 is 10.6 Å². The molecule has 0 heterocycles. The summed E-state index contributed by atoms with van der Waals surface area (Å²) in [4.78, 5) is 0.142. The zero-order valence-electron chi connectivity index (χ0n) is 11.6. The number of benzene rings is 1. The lowest BCUT2D eigenvalue weighted by Crippen LogP contribution is -2.34. The molecular formula is C14H23N3O2S. The Hall–Kier alpha value is -1.11. The van der Waals surface area contributed by atoms with Gasteiger partial charge in [-0.2, -0.15) is 0 Å². The van der Waals surface area contributed by atoms with Crippen molar-refractivity contribution in [2.75, 3.05) is 18.4 Å². The molecule has 0 bridgehead atoms. The van der Waals surface area contributed by atoms with Crippen molar-refractivity contribution in [2.24, 2.45) is 5.14 Å². The van der Waals surface area contributed by atoms with Gasteiger partial charge in [0.05, 0.1) is 4.90 Å². The quantitative estimate of drug-likeness (QED) is 0.697. The van der Waals surface area contributed by atoms with Gasteiger partial charge in [0.2, 0.25) is 10.0 Å². The minimum absolute atomic E-state index is 0.142. The molecule has 0 atom stereocenters. The third kappa shape index (κ3) is 4.77. The summed E-state index contributed by atoms with van der Waals surface area (Å²) in [6.45, 7) is 1.74. The van der Waals surface area contributed by atoms with E-state index in [-0.39, 0.29) is 4.90 Å². The summed E-state index contributed by atoms with van der Waals surface area (Å²) in [5.74, 6) is 0. The Kier molecular flexibility index (Phi) is 5.39. The fourth-order valence-corrected chi connectivity index (χ4v) is 3.07. The molecule has 1 fully saturated rings. The van der Waals surface area contributed by atoms with Crippen LogP contribution >= 0.6 is 0 Å². The number of anilines is 1. The number of hydrogen-bond acceptors (Lipinski definition) is 4. The second-order valence-corrected chi connectivity index (χ2v) is 6.85. The number of nitrogens with one attached hydrogen (secondary N) is 2. The molecule has 6 heteroatoms. The fourth-order valence-electron chi connectivity index (χ4n) is 2.55. The Labute approximate surface area is 121 Å². The van der Waals surface area contributed by atoms with Crippen molar-refractivity contribution in [3.05, 3.63) is 24.3 Å². The molecule has 2 rings (SSSR count). The Morgan fingerprint density at radius 2 is 1.70 bits per heavy atom. The maximum atomic E-state index is 11.1. The standard InChI is InChI=1S/C14H23N3O2S/c15-20(18,19)14-8-6-13(7-9-14)17-11-10-16-12-4-2-1-3-5-12/h6-9,12,16-17H,1-5,10-11H2,(H2,15,18,19). The van der Waals surface area contributed by atoms with Crippen LogP contribution in [0, 0.1) is 0 Å². The van der Waals surface area contributed by atoms with E-state index < -0.39 is 10.0 Å². The lowest BCUT2D eigenvalue weighted by Gasteiger charge is -2.23. The zero-order valence-corrected chi connectivity index (χ0v) is 12.5. The summed E-state index contributed by atoms with van der Waals surface area (Å²) >= 11 is 0. The van der Waals surface area contributed by atoms with Crippen LogP contribution in [0.4, 0.5) is 5.69 Å². The number of rotatable bonds is 6. The largest absolute Gasteiger partial charge is 0.384 e. The summed E-state index contributed by atoms with van der Waals surface area (Å²) in [7, 11) is -3.60. The molecule has 1 aromatic rings. The van der Waals surface area contributed by atoms with Gasteiger partial charge in [0.1, 0.15) is 0 Å². The highest BCUT2D eigenvalue weighted by Crippen LogP contribution is 2.17. The SMILES string of the molecule is NS(=O)(=O)c1ccc(NCCNC2CCCCC2)cc1. The molecule has 1 aliphatic rings. The summed E-state index contributed by atoms with van der Waals surface area (Å²) < 4.78 is 22.3. The molecule has 0 radical (unpaired) electrons. The van der Waals surface area contributed by atoms with Crippen LogP contribution < -0.4 is 15.8 Å². The Morgan fingerprint density at radius 3 is 2.30 bits per heavy atom. The molecule has 0 spiro atoms. The van der Waals surface area contributed by atoms with Gasteiger partial charge in [-0.1, -0.05) is 19.3 Å². The van der Waals surface area contributed by atoms with E-state index in [0.29, 0.717) is 6.04 Å². The highest BCUT2D eigenvalue weighted by Gasteiger charge is 2.11. The molecule has 0 unspecified atom stereocenters. The Bertz CT molecular complexity index is 508. The predicted molar refractivity (Wildman–Crippen MR) is 81.2 cm³/mol. The molecule has 1 aromatic carbocycles. The summed E-state index contributed by atoms with van der Waals surface area (Å²) in [5, 5.41) is 11.9. The van der Waals surface area contributed by atoms with Gasteiger partial charge in [0.25, 0.3) is 0 Å². The average molecular weight is 297 g/mol. The van der Waals surface area contributed by atoms with Gasteiger partial charge in [-0.25, -0.2) is 13.6 Å². The Morgan fingerprint density at radius 1 is 1.05 bits per heavy atom. The van der Waals surface area contributed by atoms with E-state index >= 15 is 0 Å². The molecule has 1 saturated carbocycles. The van der Waals surface area contributed by atoms with Crippen LogP contribution in [-0.2, 0) is 10.0 Å². The monoisotopic (exact) mass is 297 g/mol. The van der Waals surface area contributed by atoms with Crippen LogP contribution in [0.25, 0.3) is 0 Å². The van der Waals surface area contributed by atoms with Crippen molar-refractivity contribution in [1.82, 2.24) is 5.32 Å². The normalized spacial score (nSPS) is 17.1.